The van der Waals surface area contributed by atoms with Gasteiger partial charge in [0, 0.05) is 6.54 Å². The minimum absolute atomic E-state index is 0.304. The summed E-state index contributed by atoms with van der Waals surface area (Å²) < 4.78 is 10.6. The normalized spacial score (nSPS) is 14.8. The summed E-state index contributed by atoms with van der Waals surface area (Å²) in [6, 6.07) is 3.87. The Morgan fingerprint density at radius 1 is 1.35 bits per heavy atom. The molecule has 0 bridgehead atoms. The van der Waals surface area contributed by atoms with Gasteiger partial charge in [-0.2, -0.15) is 0 Å². The van der Waals surface area contributed by atoms with Gasteiger partial charge in [0.15, 0.2) is 0 Å². The standard InChI is InChI=1S/C15H20ClNO3/c1-15(2,3)20-14(18)17-8-7-10-5-6-12(19-4)13(16)11(10)9-17/h5-6H,7-9H2,1-4H3. The fourth-order valence-electron chi connectivity index (χ4n) is 2.21. The molecule has 0 N–H and O–H groups in total. The summed E-state index contributed by atoms with van der Waals surface area (Å²) in [6.07, 6.45) is 0.472. The molecule has 1 aromatic rings. The summed E-state index contributed by atoms with van der Waals surface area (Å²) in [5.74, 6) is 0.636. The molecule has 110 valence electrons. The second-order valence-electron chi connectivity index (χ2n) is 5.87. The Labute approximate surface area is 124 Å². The third-order valence-electron chi connectivity index (χ3n) is 3.18. The van der Waals surface area contributed by atoms with E-state index in [9.17, 15) is 4.79 Å². The van der Waals surface area contributed by atoms with E-state index < -0.39 is 5.60 Å². The molecule has 0 saturated carbocycles. The number of ether oxygens (including phenoxy) is 2. The van der Waals surface area contributed by atoms with E-state index in [0.717, 1.165) is 17.5 Å². The summed E-state index contributed by atoms with van der Waals surface area (Å²) in [7, 11) is 1.59. The van der Waals surface area contributed by atoms with Gasteiger partial charge in [-0.15, -0.1) is 0 Å². The van der Waals surface area contributed by atoms with Crippen LogP contribution in [0.15, 0.2) is 12.1 Å². The molecule has 0 unspecified atom stereocenters. The first-order chi connectivity index (χ1) is 9.31. The lowest BCUT2D eigenvalue weighted by Crippen LogP contribution is -2.40. The number of carbonyl (C=O) groups is 1. The van der Waals surface area contributed by atoms with Gasteiger partial charge in [0.2, 0.25) is 0 Å². The number of halogens is 1. The zero-order chi connectivity index (χ0) is 14.9. The zero-order valence-electron chi connectivity index (χ0n) is 12.3. The lowest BCUT2D eigenvalue weighted by molar-refractivity contribution is 0.0224. The van der Waals surface area contributed by atoms with E-state index in [0.29, 0.717) is 23.9 Å². The predicted octanol–water partition coefficient (Wildman–Crippen LogP) is 3.64. The molecule has 1 aliphatic rings. The van der Waals surface area contributed by atoms with Crippen LogP contribution in [0, 0.1) is 0 Å². The molecular weight excluding hydrogens is 278 g/mol. The molecule has 0 aromatic heterocycles. The Morgan fingerprint density at radius 3 is 2.65 bits per heavy atom. The van der Waals surface area contributed by atoms with Crippen LogP contribution in [0.2, 0.25) is 5.02 Å². The van der Waals surface area contributed by atoms with Crippen molar-refractivity contribution in [3.05, 3.63) is 28.3 Å². The van der Waals surface area contributed by atoms with E-state index in [-0.39, 0.29) is 6.09 Å². The molecule has 1 aromatic carbocycles. The van der Waals surface area contributed by atoms with Crippen LogP contribution in [0.3, 0.4) is 0 Å². The molecule has 1 heterocycles. The molecule has 1 amide bonds. The lowest BCUT2D eigenvalue weighted by Gasteiger charge is -2.31. The number of amides is 1. The highest BCUT2D eigenvalue weighted by Gasteiger charge is 2.27. The second kappa shape index (κ2) is 5.52. The Hall–Kier alpha value is -1.42. The van der Waals surface area contributed by atoms with Crippen LogP contribution < -0.4 is 4.74 Å². The summed E-state index contributed by atoms with van der Waals surface area (Å²) in [5, 5.41) is 0.582. The molecule has 1 aliphatic heterocycles. The summed E-state index contributed by atoms with van der Waals surface area (Å²) in [5.41, 5.74) is 1.62. The van der Waals surface area contributed by atoms with E-state index in [1.165, 1.54) is 0 Å². The maximum absolute atomic E-state index is 12.1. The van der Waals surface area contributed by atoms with Gasteiger partial charge in [0.1, 0.15) is 11.4 Å². The molecule has 0 aliphatic carbocycles. The Kier molecular flexibility index (Phi) is 4.14. The van der Waals surface area contributed by atoms with Crippen LogP contribution in [0.25, 0.3) is 0 Å². The Bertz CT molecular complexity index is 523. The molecule has 2 rings (SSSR count). The number of hydrogen-bond donors (Lipinski definition) is 0. The van der Waals surface area contributed by atoms with Gasteiger partial charge in [-0.25, -0.2) is 4.79 Å². The number of fused-ring (bicyclic) bond motifs is 1. The number of nitrogens with zero attached hydrogens (tertiary/aromatic N) is 1. The van der Waals surface area contributed by atoms with Gasteiger partial charge in [-0.05, 0) is 44.4 Å². The summed E-state index contributed by atoms with van der Waals surface area (Å²) in [4.78, 5) is 13.8. The van der Waals surface area contributed by atoms with Crippen LogP contribution in [0.1, 0.15) is 31.9 Å². The molecule has 4 nitrogen and oxygen atoms in total. The van der Waals surface area contributed by atoms with Crippen molar-refractivity contribution in [2.24, 2.45) is 0 Å². The van der Waals surface area contributed by atoms with Crippen LogP contribution in [0.5, 0.6) is 5.75 Å². The monoisotopic (exact) mass is 297 g/mol. The smallest absolute Gasteiger partial charge is 0.410 e. The Balaban J connectivity index is 2.20. The minimum Gasteiger partial charge on any atom is -0.495 e. The molecule has 20 heavy (non-hydrogen) atoms. The second-order valence-corrected chi connectivity index (χ2v) is 6.25. The van der Waals surface area contributed by atoms with Crippen LogP contribution >= 0.6 is 11.6 Å². The minimum atomic E-state index is -0.491. The summed E-state index contributed by atoms with van der Waals surface area (Å²) in [6.45, 7) is 6.68. The molecule has 5 heteroatoms. The van der Waals surface area contributed by atoms with Crippen LogP contribution in [-0.2, 0) is 17.7 Å². The SMILES string of the molecule is COc1ccc2c(c1Cl)CN(C(=O)OC(C)(C)C)CC2. The maximum atomic E-state index is 12.1. The first-order valence-electron chi connectivity index (χ1n) is 6.64. The first kappa shape index (κ1) is 15.0. The predicted molar refractivity (Wildman–Crippen MR) is 78.4 cm³/mol. The molecule has 0 spiro atoms. The average Bonchev–Trinajstić information content (AvgIpc) is 2.37. The fraction of sp³-hybridized carbons (Fsp3) is 0.533. The van der Waals surface area contributed by atoms with Crippen molar-refractivity contribution in [2.75, 3.05) is 13.7 Å². The molecule has 0 fully saturated rings. The van der Waals surface area contributed by atoms with Gasteiger partial charge in [0.05, 0.1) is 18.7 Å². The zero-order valence-corrected chi connectivity index (χ0v) is 13.1. The lowest BCUT2D eigenvalue weighted by atomic mass is 9.99. The van der Waals surface area contributed by atoms with Crippen molar-refractivity contribution in [1.29, 1.82) is 0 Å². The largest absolute Gasteiger partial charge is 0.495 e. The molecular formula is C15H20ClNO3. The topological polar surface area (TPSA) is 38.8 Å². The van der Waals surface area contributed by atoms with Crippen molar-refractivity contribution < 1.29 is 14.3 Å². The van der Waals surface area contributed by atoms with Crippen molar-refractivity contribution in [3.63, 3.8) is 0 Å². The number of rotatable bonds is 1. The van der Waals surface area contributed by atoms with Gasteiger partial charge in [-0.1, -0.05) is 17.7 Å². The van der Waals surface area contributed by atoms with Crippen molar-refractivity contribution in [2.45, 2.75) is 39.3 Å². The van der Waals surface area contributed by atoms with E-state index >= 15 is 0 Å². The number of benzene rings is 1. The highest BCUT2D eigenvalue weighted by molar-refractivity contribution is 6.33. The van der Waals surface area contributed by atoms with E-state index in [1.54, 1.807) is 12.0 Å². The fourth-order valence-corrected chi connectivity index (χ4v) is 2.53. The van der Waals surface area contributed by atoms with Gasteiger partial charge in [0.25, 0.3) is 0 Å². The van der Waals surface area contributed by atoms with Gasteiger partial charge >= 0.3 is 6.09 Å². The van der Waals surface area contributed by atoms with Crippen molar-refractivity contribution in [1.82, 2.24) is 4.90 Å². The molecule has 0 radical (unpaired) electrons. The first-order valence-corrected chi connectivity index (χ1v) is 7.02. The van der Waals surface area contributed by atoms with E-state index in [1.807, 2.05) is 32.9 Å². The van der Waals surface area contributed by atoms with Crippen molar-refractivity contribution in [3.8, 4) is 5.75 Å². The highest BCUT2D eigenvalue weighted by atomic mass is 35.5. The van der Waals surface area contributed by atoms with Crippen LogP contribution in [0.4, 0.5) is 4.79 Å². The third kappa shape index (κ3) is 3.18. The molecule has 0 atom stereocenters. The number of methoxy groups -OCH3 is 1. The van der Waals surface area contributed by atoms with Gasteiger partial charge < -0.3 is 14.4 Å². The van der Waals surface area contributed by atoms with Gasteiger partial charge in [-0.3, -0.25) is 0 Å². The highest BCUT2D eigenvalue weighted by Crippen LogP contribution is 2.34. The maximum Gasteiger partial charge on any atom is 0.410 e. The quantitative estimate of drug-likeness (QED) is 0.794. The third-order valence-corrected chi connectivity index (χ3v) is 3.59. The Morgan fingerprint density at radius 2 is 2.05 bits per heavy atom. The number of hydrogen-bond acceptors (Lipinski definition) is 3. The van der Waals surface area contributed by atoms with E-state index in [2.05, 4.69) is 0 Å². The average molecular weight is 298 g/mol. The van der Waals surface area contributed by atoms with E-state index in [4.69, 9.17) is 21.1 Å². The summed E-state index contributed by atoms with van der Waals surface area (Å²) >= 11 is 6.33. The number of carbonyl (C=O) groups excluding carboxylic acids is 1. The van der Waals surface area contributed by atoms with Crippen LogP contribution in [-0.4, -0.2) is 30.2 Å². The molecule has 0 saturated heterocycles. The van der Waals surface area contributed by atoms with Crippen molar-refractivity contribution >= 4 is 17.7 Å².